The summed E-state index contributed by atoms with van der Waals surface area (Å²) in [6.07, 6.45) is 3.24. The molecule has 0 aromatic heterocycles. The van der Waals surface area contributed by atoms with Crippen LogP contribution in [0.5, 0.6) is 0 Å². The van der Waals surface area contributed by atoms with Crippen molar-refractivity contribution in [2.45, 2.75) is 89.2 Å². The van der Waals surface area contributed by atoms with Crippen molar-refractivity contribution >= 4 is 20.2 Å². The van der Waals surface area contributed by atoms with Gasteiger partial charge in [-0.2, -0.15) is 0 Å². The number of hydrogen-bond acceptors (Lipinski definition) is 4. The van der Waals surface area contributed by atoms with Gasteiger partial charge in [-0.25, -0.2) is 4.79 Å². The Bertz CT molecular complexity index is 1000. The highest BCUT2D eigenvalue weighted by Gasteiger charge is 2.65. The molecule has 1 unspecified atom stereocenters. The molecule has 1 aromatic carbocycles. The minimum atomic E-state index is -2.07. The summed E-state index contributed by atoms with van der Waals surface area (Å²) in [4.78, 5) is 27.7. The summed E-state index contributed by atoms with van der Waals surface area (Å²) in [7, 11) is -0.142. The summed E-state index contributed by atoms with van der Waals surface area (Å²) in [5, 5.41) is 13.9. The van der Waals surface area contributed by atoms with Crippen LogP contribution < -0.4 is 5.32 Å². The molecule has 0 spiro atoms. The van der Waals surface area contributed by atoms with Gasteiger partial charge in [0, 0.05) is 11.5 Å². The summed E-state index contributed by atoms with van der Waals surface area (Å²) in [5.41, 5.74) is 1.82. The van der Waals surface area contributed by atoms with E-state index in [-0.39, 0.29) is 40.6 Å². The Morgan fingerprint density at radius 2 is 1.94 bits per heavy atom. The summed E-state index contributed by atoms with van der Waals surface area (Å²) >= 11 is 0. The number of benzene rings is 1. The molecule has 1 aromatic rings. The van der Waals surface area contributed by atoms with Crippen LogP contribution in [0.1, 0.15) is 52.5 Å². The monoisotopic (exact) mass is 484 g/mol. The van der Waals surface area contributed by atoms with Gasteiger partial charge in [-0.15, -0.1) is 0 Å². The summed E-state index contributed by atoms with van der Waals surface area (Å²) < 4.78 is 6.64. The molecule has 5 atom stereocenters. The number of aliphatic carboxylic acids is 1. The van der Waals surface area contributed by atoms with Crippen LogP contribution in [0.15, 0.2) is 41.6 Å². The minimum Gasteiger partial charge on any atom is -0.477 e. The SMILES string of the molecule is CN[C@]1(Cc2ccccc2)CCC[C@H]2C1=C(C(=O)O)N1C(=O)[C@H](C(C)O[Si](C)(C)C(C)(C)C)[C@@H]21. The topological polar surface area (TPSA) is 78.9 Å². The standard InChI is InChI=1S/C27H40N2O4Si/c1-17(33-34(6,7)26(2,3)4)20-22-19-14-11-15-27(28-5,16-18-12-9-8-10-13-18)21(19)23(25(31)32)29(22)24(20)30/h8-10,12-13,17,19-20,22,28H,11,14-16H2,1-7H3,(H,31,32)/t17?,19-,20+,22+,27-/m0/s1. The lowest BCUT2D eigenvalue weighted by atomic mass is 9.64. The van der Waals surface area contributed by atoms with E-state index in [4.69, 9.17) is 4.43 Å². The van der Waals surface area contributed by atoms with Crippen LogP contribution in [0.2, 0.25) is 18.1 Å². The molecule has 0 radical (unpaired) electrons. The predicted molar refractivity (Wildman–Crippen MR) is 136 cm³/mol. The number of nitrogens with zero attached hydrogens (tertiary/aromatic N) is 1. The zero-order valence-corrected chi connectivity index (χ0v) is 22.6. The number of carbonyl (C=O) groups excluding carboxylic acids is 1. The van der Waals surface area contributed by atoms with Crippen molar-refractivity contribution in [1.29, 1.82) is 0 Å². The van der Waals surface area contributed by atoms with Gasteiger partial charge in [0.2, 0.25) is 5.91 Å². The molecule has 2 aliphatic heterocycles. The maximum absolute atomic E-state index is 13.5. The Balaban J connectivity index is 1.70. The van der Waals surface area contributed by atoms with Gasteiger partial charge in [-0.05, 0) is 62.5 Å². The van der Waals surface area contributed by atoms with Crippen LogP contribution in [-0.4, -0.2) is 54.9 Å². The summed E-state index contributed by atoms with van der Waals surface area (Å²) in [6, 6.07) is 10.1. The van der Waals surface area contributed by atoms with Crippen LogP contribution >= 0.6 is 0 Å². The van der Waals surface area contributed by atoms with E-state index in [9.17, 15) is 14.7 Å². The lowest BCUT2D eigenvalue weighted by Gasteiger charge is -2.51. The highest BCUT2D eigenvalue weighted by atomic mass is 28.4. The average molecular weight is 485 g/mol. The van der Waals surface area contributed by atoms with Gasteiger partial charge in [-0.1, -0.05) is 57.5 Å². The third-order valence-corrected chi connectivity index (χ3v) is 13.5. The molecule has 186 valence electrons. The van der Waals surface area contributed by atoms with Gasteiger partial charge >= 0.3 is 5.97 Å². The maximum atomic E-state index is 13.5. The van der Waals surface area contributed by atoms with E-state index in [1.807, 2.05) is 32.2 Å². The molecular weight excluding hydrogens is 444 g/mol. The van der Waals surface area contributed by atoms with Crippen molar-refractivity contribution in [3.8, 4) is 0 Å². The largest absolute Gasteiger partial charge is 0.477 e. The van der Waals surface area contributed by atoms with E-state index in [1.165, 1.54) is 5.56 Å². The van der Waals surface area contributed by atoms with Crippen molar-refractivity contribution < 1.29 is 19.1 Å². The van der Waals surface area contributed by atoms with Gasteiger partial charge in [0.25, 0.3) is 0 Å². The van der Waals surface area contributed by atoms with Crippen molar-refractivity contribution in [3.05, 3.63) is 47.2 Å². The quantitative estimate of drug-likeness (QED) is 0.438. The molecule has 34 heavy (non-hydrogen) atoms. The molecule has 6 nitrogen and oxygen atoms in total. The summed E-state index contributed by atoms with van der Waals surface area (Å²) in [6.45, 7) is 13.0. The lowest BCUT2D eigenvalue weighted by Crippen LogP contribution is -2.65. The van der Waals surface area contributed by atoms with Crippen molar-refractivity contribution in [1.82, 2.24) is 10.2 Å². The molecule has 0 bridgehead atoms. The van der Waals surface area contributed by atoms with E-state index in [0.717, 1.165) is 24.8 Å². The van der Waals surface area contributed by atoms with E-state index < -0.39 is 19.8 Å². The number of fused-ring (bicyclic) bond motifs is 3. The van der Waals surface area contributed by atoms with Crippen LogP contribution in [0.25, 0.3) is 0 Å². The first-order chi connectivity index (χ1) is 15.8. The van der Waals surface area contributed by atoms with Crippen molar-refractivity contribution in [2.75, 3.05) is 7.05 Å². The van der Waals surface area contributed by atoms with Gasteiger partial charge < -0.3 is 19.7 Å². The zero-order chi connectivity index (χ0) is 25.1. The number of β-lactam (4-membered cyclic amide) rings is 1. The van der Waals surface area contributed by atoms with Crippen LogP contribution in [-0.2, 0) is 20.4 Å². The van der Waals surface area contributed by atoms with E-state index in [1.54, 1.807) is 4.90 Å². The molecule has 1 saturated carbocycles. The maximum Gasteiger partial charge on any atom is 0.352 e. The average Bonchev–Trinajstić information content (AvgIpc) is 3.05. The molecule has 2 N–H and O–H groups in total. The van der Waals surface area contributed by atoms with Gasteiger partial charge in [-0.3, -0.25) is 4.79 Å². The fraction of sp³-hybridized carbons (Fsp3) is 0.630. The Hall–Kier alpha value is -1.96. The Morgan fingerprint density at radius 1 is 1.29 bits per heavy atom. The molecule has 4 rings (SSSR count). The number of rotatable bonds is 7. The molecule has 3 aliphatic rings. The van der Waals surface area contributed by atoms with Crippen LogP contribution in [0.3, 0.4) is 0 Å². The van der Waals surface area contributed by atoms with E-state index in [2.05, 4.69) is 51.3 Å². The number of likely N-dealkylation sites (N-methyl/N-ethyl adjacent to an activating group) is 1. The molecule has 2 fully saturated rings. The minimum absolute atomic E-state index is 0.0425. The molecular formula is C27H40N2O4Si. The predicted octanol–water partition coefficient (Wildman–Crippen LogP) is 4.58. The fourth-order valence-corrected chi connectivity index (χ4v) is 7.67. The van der Waals surface area contributed by atoms with Gasteiger partial charge in [0.1, 0.15) is 5.70 Å². The second-order valence-electron chi connectivity index (χ2n) is 11.9. The Morgan fingerprint density at radius 3 is 2.50 bits per heavy atom. The Kier molecular flexibility index (Phi) is 6.36. The second-order valence-corrected chi connectivity index (χ2v) is 16.6. The summed E-state index contributed by atoms with van der Waals surface area (Å²) in [5.74, 6) is -1.35. The molecule has 1 aliphatic carbocycles. The number of carboxylic acids is 1. The van der Waals surface area contributed by atoms with Crippen molar-refractivity contribution in [2.24, 2.45) is 11.8 Å². The van der Waals surface area contributed by atoms with E-state index in [0.29, 0.717) is 6.42 Å². The highest BCUT2D eigenvalue weighted by Crippen LogP contribution is 2.56. The molecule has 1 saturated heterocycles. The smallest absolute Gasteiger partial charge is 0.352 e. The third kappa shape index (κ3) is 3.86. The first-order valence-corrected chi connectivity index (χ1v) is 15.5. The number of nitrogens with one attached hydrogen (secondary N) is 1. The third-order valence-electron chi connectivity index (χ3n) is 8.92. The normalized spacial score (nSPS) is 30.0. The van der Waals surface area contributed by atoms with Crippen LogP contribution in [0.4, 0.5) is 0 Å². The number of hydrogen-bond donors (Lipinski definition) is 2. The van der Waals surface area contributed by atoms with Gasteiger partial charge in [0.05, 0.1) is 18.1 Å². The number of carboxylic acid groups (broad SMARTS) is 1. The number of carbonyl (C=O) groups is 2. The van der Waals surface area contributed by atoms with Crippen LogP contribution in [0, 0.1) is 11.8 Å². The molecule has 7 heteroatoms. The molecule has 1 amide bonds. The highest BCUT2D eigenvalue weighted by molar-refractivity contribution is 6.74. The Labute approximate surface area is 204 Å². The van der Waals surface area contributed by atoms with Gasteiger partial charge in [0.15, 0.2) is 8.32 Å². The zero-order valence-electron chi connectivity index (χ0n) is 21.6. The lowest BCUT2D eigenvalue weighted by molar-refractivity contribution is -0.163. The first kappa shape index (κ1) is 25.1. The number of amides is 1. The second kappa shape index (κ2) is 8.61. The van der Waals surface area contributed by atoms with E-state index >= 15 is 0 Å². The first-order valence-electron chi connectivity index (χ1n) is 12.6. The molecule has 2 heterocycles. The fourth-order valence-electron chi connectivity index (χ4n) is 6.24. The van der Waals surface area contributed by atoms with Crippen molar-refractivity contribution in [3.63, 3.8) is 0 Å².